The van der Waals surface area contributed by atoms with Crippen LogP contribution >= 0.6 is 11.5 Å². The number of hydrogen-bond donors (Lipinski definition) is 2. The average molecular weight is 305 g/mol. The number of benzene rings is 1. The van der Waals surface area contributed by atoms with Gasteiger partial charge in [0.25, 0.3) is 5.91 Å². The van der Waals surface area contributed by atoms with E-state index in [-0.39, 0.29) is 18.1 Å². The van der Waals surface area contributed by atoms with Crippen LogP contribution in [0.4, 0.5) is 10.1 Å². The lowest BCUT2D eigenvalue weighted by molar-refractivity contribution is 0.102. The lowest BCUT2D eigenvalue weighted by Crippen LogP contribution is -2.12. The molecule has 5 nitrogen and oxygen atoms in total. The van der Waals surface area contributed by atoms with Gasteiger partial charge >= 0.3 is 0 Å². The van der Waals surface area contributed by atoms with Gasteiger partial charge in [-0.3, -0.25) is 4.79 Å². The quantitative estimate of drug-likeness (QED) is 0.849. The Morgan fingerprint density at radius 1 is 1.52 bits per heavy atom. The van der Waals surface area contributed by atoms with Crippen LogP contribution < -0.4 is 5.32 Å². The number of rotatable bonds is 3. The van der Waals surface area contributed by atoms with Crippen molar-refractivity contribution in [2.24, 2.45) is 0 Å². The monoisotopic (exact) mass is 305 g/mol. The molecule has 21 heavy (non-hydrogen) atoms. The van der Waals surface area contributed by atoms with Crippen LogP contribution in [0.5, 0.6) is 0 Å². The lowest BCUT2D eigenvalue weighted by atomic mass is 10.2. The van der Waals surface area contributed by atoms with Crippen molar-refractivity contribution in [2.45, 2.75) is 13.3 Å². The third-order valence-corrected chi connectivity index (χ3v) is 3.39. The second-order valence-corrected chi connectivity index (χ2v) is 4.77. The molecule has 0 saturated carbocycles. The minimum atomic E-state index is -0.511. The molecule has 0 saturated heterocycles. The summed E-state index contributed by atoms with van der Waals surface area (Å²) in [6, 6.07) is 4.07. The SMILES string of the molecule is CCc1nnsc1C(=O)Nc1ccc(F)c(C#CCO)c1. The highest BCUT2D eigenvalue weighted by Gasteiger charge is 2.15. The molecule has 0 unspecified atom stereocenters. The number of nitrogens with one attached hydrogen (secondary N) is 1. The first kappa shape index (κ1) is 15.1. The van der Waals surface area contributed by atoms with Gasteiger partial charge in [0, 0.05) is 5.69 Å². The third-order valence-electron chi connectivity index (χ3n) is 2.62. The molecule has 0 radical (unpaired) electrons. The number of halogens is 1. The van der Waals surface area contributed by atoms with Gasteiger partial charge in [-0.1, -0.05) is 23.3 Å². The molecular formula is C14H12FN3O2S. The molecule has 0 aliphatic heterocycles. The van der Waals surface area contributed by atoms with Gasteiger partial charge in [-0.05, 0) is 36.2 Å². The predicted octanol–water partition coefficient (Wildman–Crippen LogP) is 1.84. The van der Waals surface area contributed by atoms with E-state index in [9.17, 15) is 9.18 Å². The van der Waals surface area contributed by atoms with Gasteiger partial charge in [-0.2, -0.15) is 0 Å². The van der Waals surface area contributed by atoms with Gasteiger partial charge < -0.3 is 10.4 Å². The molecule has 2 rings (SSSR count). The maximum atomic E-state index is 13.5. The Morgan fingerprint density at radius 3 is 3.05 bits per heavy atom. The topological polar surface area (TPSA) is 75.1 Å². The summed E-state index contributed by atoms with van der Waals surface area (Å²) in [6.07, 6.45) is 0.607. The molecule has 0 aliphatic carbocycles. The summed E-state index contributed by atoms with van der Waals surface area (Å²) in [5.41, 5.74) is 1.15. The average Bonchev–Trinajstić information content (AvgIpc) is 2.96. The molecule has 2 aromatic rings. The Bertz CT molecular complexity index is 718. The second-order valence-electron chi connectivity index (χ2n) is 4.01. The van der Waals surface area contributed by atoms with E-state index in [4.69, 9.17) is 5.11 Å². The van der Waals surface area contributed by atoms with Gasteiger partial charge in [0.15, 0.2) is 0 Å². The summed E-state index contributed by atoms with van der Waals surface area (Å²) in [7, 11) is 0. The van der Waals surface area contributed by atoms with Crippen LogP contribution in [-0.2, 0) is 6.42 Å². The fraction of sp³-hybridized carbons (Fsp3) is 0.214. The molecular weight excluding hydrogens is 293 g/mol. The van der Waals surface area contributed by atoms with E-state index in [1.807, 2.05) is 6.92 Å². The van der Waals surface area contributed by atoms with Crippen molar-refractivity contribution in [3.8, 4) is 11.8 Å². The minimum Gasteiger partial charge on any atom is -0.384 e. The predicted molar refractivity (Wildman–Crippen MR) is 77.6 cm³/mol. The van der Waals surface area contributed by atoms with Gasteiger partial charge in [-0.25, -0.2) is 4.39 Å². The maximum Gasteiger partial charge on any atom is 0.269 e. The maximum absolute atomic E-state index is 13.5. The number of nitrogens with zero attached hydrogens (tertiary/aromatic N) is 2. The van der Waals surface area contributed by atoms with E-state index in [0.29, 0.717) is 22.7 Å². The molecule has 1 aromatic carbocycles. The lowest BCUT2D eigenvalue weighted by Gasteiger charge is -2.05. The number of carbonyl (C=O) groups is 1. The molecule has 0 fully saturated rings. The van der Waals surface area contributed by atoms with Crippen molar-refractivity contribution in [1.29, 1.82) is 0 Å². The van der Waals surface area contributed by atoms with E-state index in [1.165, 1.54) is 18.2 Å². The zero-order valence-electron chi connectivity index (χ0n) is 11.2. The molecule has 1 aromatic heterocycles. The fourth-order valence-electron chi connectivity index (χ4n) is 1.63. The largest absolute Gasteiger partial charge is 0.384 e. The van der Waals surface area contributed by atoms with Gasteiger partial charge in [0.05, 0.1) is 11.3 Å². The number of amides is 1. The third kappa shape index (κ3) is 3.62. The van der Waals surface area contributed by atoms with Crippen LogP contribution in [0.1, 0.15) is 27.9 Å². The molecule has 1 amide bonds. The highest BCUT2D eigenvalue weighted by molar-refractivity contribution is 7.08. The van der Waals surface area contributed by atoms with Crippen molar-refractivity contribution in [3.05, 3.63) is 40.2 Å². The van der Waals surface area contributed by atoms with E-state index < -0.39 is 5.82 Å². The Morgan fingerprint density at radius 2 is 2.33 bits per heavy atom. The van der Waals surface area contributed by atoms with Crippen LogP contribution in [-0.4, -0.2) is 27.2 Å². The van der Waals surface area contributed by atoms with Crippen molar-refractivity contribution >= 4 is 23.1 Å². The smallest absolute Gasteiger partial charge is 0.269 e. The van der Waals surface area contributed by atoms with Gasteiger partial charge in [0.1, 0.15) is 17.3 Å². The first-order chi connectivity index (χ1) is 10.2. The number of aryl methyl sites for hydroxylation is 1. The van der Waals surface area contributed by atoms with Crippen molar-refractivity contribution in [3.63, 3.8) is 0 Å². The van der Waals surface area contributed by atoms with E-state index in [1.54, 1.807) is 0 Å². The summed E-state index contributed by atoms with van der Waals surface area (Å²) in [4.78, 5) is 12.5. The first-order valence-electron chi connectivity index (χ1n) is 6.17. The summed E-state index contributed by atoms with van der Waals surface area (Å²) in [5.74, 6) is 4.00. The fourth-order valence-corrected chi connectivity index (χ4v) is 2.28. The van der Waals surface area contributed by atoms with E-state index in [0.717, 1.165) is 11.5 Å². The van der Waals surface area contributed by atoms with Gasteiger partial charge in [-0.15, -0.1) is 5.10 Å². The van der Waals surface area contributed by atoms with Crippen molar-refractivity contribution in [1.82, 2.24) is 9.59 Å². The Hall–Kier alpha value is -2.30. The highest BCUT2D eigenvalue weighted by atomic mass is 32.1. The molecule has 0 spiro atoms. The Kier molecular flexibility index (Phi) is 4.98. The first-order valence-corrected chi connectivity index (χ1v) is 6.95. The summed E-state index contributed by atoms with van der Waals surface area (Å²) < 4.78 is 17.3. The number of carbonyl (C=O) groups excluding carboxylic acids is 1. The van der Waals surface area contributed by atoms with Crippen LogP contribution in [0.25, 0.3) is 0 Å². The number of aliphatic hydroxyl groups is 1. The second kappa shape index (κ2) is 6.92. The van der Waals surface area contributed by atoms with Crippen LogP contribution in [0, 0.1) is 17.7 Å². The van der Waals surface area contributed by atoms with E-state index in [2.05, 4.69) is 26.7 Å². The molecule has 1 heterocycles. The molecule has 2 N–H and O–H groups in total. The molecule has 0 aliphatic rings. The molecule has 0 atom stereocenters. The molecule has 108 valence electrons. The zero-order valence-corrected chi connectivity index (χ0v) is 12.0. The van der Waals surface area contributed by atoms with Crippen LogP contribution in [0.2, 0.25) is 0 Å². The standard InChI is InChI=1S/C14H12FN3O2S/c1-2-12-13(21-18-17-12)14(20)16-10-5-6-11(15)9(8-10)4-3-7-19/h5-6,8,19H,2,7H2,1H3,(H,16,20). The molecule has 0 bridgehead atoms. The Balaban J connectivity index is 2.22. The number of aromatic nitrogens is 2. The highest BCUT2D eigenvalue weighted by Crippen LogP contribution is 2.17. The summed E-state index contributed by atoms with van der Waals surface area (Å²) in [5, 5.41) is 15.2. The zero-order chi connectivity index (χ0) is 15.2. The minimum absolute atomic E-state index is 0.111. The Labute approximate surface area is 125 Å². The number of aliphatic hydroxyl groups excluding tert-OH is 1. The number of anilines is 1. The van der Waals surface area contributed by atoms with Crippen LogP contribution in [0.15, 0.2) is 18.2 Å². The molecule has 7 heteroatoms. The normalized spacial score (nSPS) is 9.86. The van der Waals surface area contributed by atoms with Crippen LogP contribution in [0.3, 0.4) is 0 Å². The van der Waals surface area contributed by atoms with Crippen molar-refractivity contribution in [2.75, 3.05) is 11.9 Å². The van der Waals surface area contributed by atoms with Crippen molar-refractivity contribution < 1.29 is 14.3 Å². The van der Waals surface area contributed by atoms with Gasteiger partial charge in [0.2, 0.25) is 0 Å². The number of hydrogen-bond acceptors (Lipinski definition) is 5. The summed E-state index contributed by atoms with van der Waals surface area (Å²) in [6.45, 7) is 1.52. The van der Waals surface area contributed by atoms with E-state index >= 15 is 0 Å². The summed E-state index contributed by atoms with van der Waals surface area (Å²) >= 11 is 1.01.